The average Bonchev–Trinajstić information content (AvgIpc) is 2.55. The van der Waals surface area contributed by atoms with Gasteiger partial charge in [0.2, 0.25) is 0 Å². The predicted octanol–water partition coefficient (Wildman–Crippen LogP) is 3.20. The fourth-order valence-electron chi connectivity index (χ4n) is 2.97. The van der Waals surface area contributed by atoms with Crippen LogP contribution in [0, 0.1) is 11.8 Å². The summed E-state index contributed by atoms with van der Waals surface area (Å²) in [5.41, 5.74) is 0. The van der Waals surface area contributed by atoms with Crippen LogP contribution >= 0.6 is 0 Å². The van der Waals surface area contributed by atoms with Gasteiger partial charge in [-0.3, -0.25) is 0 Å². The van der Waals surface area contributed by atoms with Crippen LogP contribution in [0.25, 0.3) is 0 Å². The van der Waals surface area contributed by atoms with E-state index in [1.165, 1.54) is 45.3 Å². The van der Waals surface area contributed by atoms with Crippen molar-refractivity contribution < 1.29 is 14.2 Å². The minimum absolute atomic E-state index is 0.358. The van der Waals surface area contributed by atoms with E-state index < -0.39 is 0 Å². The van der Waals surface area contributed by atoms with Gasteiger partial charge >= 0.3 is 0 Å². The van der Waals surface area contributed by atoms with Crippen molar-refractivity contribution in [2.24, 2.45) is 11.8 Å². The van der Waals surface area contributed by atoms with Crippen LogP contribution in [0.3, 0.4) is 0 Å². The van der Waals surface area contributed by atoms with Gasteiger partial charge in [-0.05, 0) is 65.1 Å². The van der Waals surface area contributed by atoms with Crippen LogP contribution in [-0.4, -0.2) is 64.2 Å². The highest BCUT2D eigenvalue weighted by atomic mass is 16.5. The zero-order valence-corrected chi connectivity index (χ0v) is 15.2. The molecule has 2 saturated heterocycles. The lowest BCUT2D eigenvalue weighted by molar-refractivity contribution is -0.0123. The lowest BCUT2D eigenvalue weighted by atomic mass is 9.98. The van der Waals surface area contributed by atoms with Crippen molar-refractivity contribution in [2.45, 2.75) is 52.6 Å². The second-order valence-electron chi connectivity index (χ2n) is 6.80. The molecular formula is C18H37NO3. The van der Waals surface area contributed by atoms with E-state index in [4.69, 9.17) is 14.2 Å². The number of ether oxygens (including phenoxy) is 3. The minimum atomic E-state index is 0.358. The zero-order chi connectivity index (χ0) is 16.2. The monoisotopic (exact) mass is 315 g/mol. The number of piperidine rings is 1. The topological polar surface area (TPSA) is 30.9 Å². The predicted molar refractivity (Wildman–Crippen MR) is 91.3 cm³/mol. The Morgan fingerprint density at radius 3 is 2.32 bits per heavy atom. The molecule has 2 rings (SSSR count). The maximum absolute atomic E-state index is 5.50. The molecule has 4 heteroatoms. The summed E-state index contributed by atoms with van der Waals surface area (Å²) in [6, 6.07) is 0. The lowest BCUT2D eigenvalue weighted by Gasteiger charge is -2.30. The van der Waals surface area contributed by atoms with Crippen molar-refractivity contribution in [1.82, 2.24) is 4.90 Å². The van der Waals surface area contributed by atoms with Gasteiger partial charge in [0.25, 0.3) is 0 Å². The maximum atomic E-state index is 5.50. The van der Waals surface area contributed by atoms with Crippen LogP contribution in [0.4, 0.5) is 0 Å². The molecule has 0 radical (unpaired) electrons. The summed E-state index contributed by atoms with van der Waals surface area (Å²) >= 11 is 0. The highest BCUT2D eigenvalue weighted by molar-refractivity contribution is 4.70. The third-order valence-electron chi connectivity index (χ3n) is 4.48. The summed E-state index contributed by atoms with van der Waals surface area (Å²) in [6.07, 6.45) is 5.47. The zero-order valence-electron chi connectivity index (χ0n) is 15.2. The molecule has 0 bridgehead atoms. The van der Waals surface area contributed by atoms with E-state index in [2.05, 4.69) is 25.7 Å². The van der Waals surface area contributed by atoms with Crippen LogP contribution in [0.5, 0.6) is 0 Å². The average molecular weight is 315 g/mol. The van der Waals surface area contributed by atoms with Gasteiger partial charge in [0.15, 0.2) is 0 Å². The molecule has 0 aromatic heterocycles. The normalized spacial score (nSPS) is 24.1. The molecule has 0 N–H and O–H groups in total. The minimum Gasteiger partial charge on any atom is -0.384 e. The smallest absolute Gasteiger partial charge is 0.0519 e. The van der Waals surface area contributed by atoms with Gasteiger partial charge in [0.05, 0.1) is 19.3 Å². The SMILES string of the molecule is CC(C)OCC1CCCOC1.CCN1CCC(COC)CC1. The van der Waals surface area contributed by atoms with Crippen molar-refractivity contribution in [3.05, 3.63) is 0 Å². The third-order valence-corrected chi connectivity index (χ3v) is 4.48. The van der Waals surface area contributed by atoms with E-state index in [1.807, 2.05) is 0 Å². The molecule has 0 aromatic carbocycles. The second-order valence-corrected chi connectivity index (χ2v) is 6.80. The summed E-state index contributed by atoms with van der Waals surface area (Å²) in [6.45, 7) is 13.8. The molecule has 0 aliphatic carbocycles. The van der Waals surface area contributed by atoms with Crippen LogP contribution in [0.1, 0.15) is 46.5 Å². The highest BCUT2D eigenvalue weighted by Gasteiger charge is 2.17. The molecule has 1 atom stereocenters. The molecule has 0 aromatic rings. The van der Waals surface area contributed by atoms with Crippen molar-refractivity contribution >= 4 is 0 Å². The number of rotatable bonds is 6. The van der Waals surface area contributed by atoms with Crippen molar-refractivity contribution in [3.8, 4) is 0 Å². The highest BCUT2D eigenvalue weighted by Crippen LogP contribution is 2.16. The van der Waals surface area contributed by atoms with Crippen LogP contribution in [0.2, 0.25) is 0 Å². The number of likely N-dealkylation sites (tertiary alicyclic amines) is 1. The fourth-order valence-corrected chi connectivity index (χ4v) is 2.97. The second kappa shape index (κ2) is 12.3. The molecular weight excluding hydrogens is 278 g/mol. The van der Waals surface area contributed by atoms with E-state index in [-0.39, 0.29) is 0 Å². The Hall–Kier alpha value is -0.160. The van der Waals surface area contributed by atoms with E-state index >= 15 is 0 Å². The van der Waals surface area contributed by atoms with Crippen molar-refractivity contribution in [1.29, 1.82) is 0 Å². The van der Waals surface area contributed by atoms with Gasteiger partial charge in [-0.15, -0.1) is 0 Å². The van der Waals surface area contributed by atoms with Crippen LogP contribution in [0.15, 0.2) is 0 Å². The van der Waals surface area contributed by atoms with Gasteiger partial charge in [0.1, 0.15) is 0 Å². The van der Waals surface area contributed by atoms with E-state index in [0.717, 1.165) is 32.3 Å². The lowest BCUT2D eigenvalue weighted by Crippen LogP contribution is -2.34. The number of nitrogens with zero attached hydrogens (tertiary/aromatic N) is 1. The summed E-state index contributed by atoms with van der Waals surface area (Å²) in [4.78, 5) is 2.51. The molecule has 2 heterocycles. The van der Waals surface area contributed by atoms with Gasteiger partial charge in [-0.25, -0.2) is 0 Å². The molecule has 2 aliphatic heterocycles. The first-order valence-electron chi connectivity index (χ1n) is 9.06. The van der Waals surface area contributed by atoms with Crippen LogP contribution in [-0.2, 0) is 14.2 Å². The van der Waals surface area contributed by atoms with Gasteiger partial charge < -0.3 is 19.1 Å². The molecule has 0 amide bonds. The number of methoxy groups -OCH3 is 1. The summed E-state index contributed by atoms with van der Waals surface area (Å²) in [7, 11) is 1.80. The van der Waals surface area contributed by atoms with E-state index in [1.54, 1.807) is 7.11 Å². The van der Waals surface area contributed by atoms with E-state index in [9.17, 15) is 0 Å². The fraction of sp³-hybridized carbons (Fsp3) is 1.00. The molecule has 2 fully saturated rings. The molecule has 4 nitrogen and oxygen atoms in total. The Labute approximate surface area is 137 Å². The maximum Gasteiger partial charge on any atom is 0.0519 e. The van der Waals surface area contributed by atoms with Gasteiger partial charge in [0, 0.05) is 26.2 Å². The Morgan fingerprint density at radius 2 is 1.82 bits per heavy atom. The van der Waals surface area contributed by atoms with Gasteiger partial charge in [-0.1, -0.05) is 6.92 Å². The van der Waals surface area contributed by atoms with Crippen molar-refractivity contribution in [2.75, 3.05) is 53.2 Å². The first kappa shape index (κ1) is 19.9. The Kier molecular flexibility index (Phi) is 11.1. The van der Waals surface area contributed by atoms with Gasteiger partial charge in [-0.2, -0.15) is 0 Å². The summed E-state index contributed by atoms with van der Waals surface area (Å²) in [5, 5.41) is 0. The van der Waals surface area contributed by atoms with Crippen LogP contribution < -0.4 is 0 Å². The number of hydrogen-bond donors (Lipinski definition) is 0. The van der Waals surface area contributed by atoms with E-state index in [0.29, 0.717) is 12.0 Å². The Morgan fingerprint density at radius 1 is 1.09 bits per heavy atom. The third kappa shape index (κ3) is 9.09. The molecule has 0 spiro atoms. The molecule has 2 aliphatic rings. The Balaban J connectivity index is 0.000000220. The first-order valence-corrected chi connectivity index (χ1v) is 9.06. The standard InChI is InChI=1S/C9H19NO.C9H18O2/c1-3-10-6-4-9(5-7-10)8-11-2;1-8(2)11-7-9-4-3-5-10-6-9/h9H,3-8H2,1-2H3;8-9H,3-7H2,1-2H3. The molecule has 0 saturated carbocycles. The molecule has 132 valence electrons. The number of hydrogen-bond acceptors (Lipinski definition) is 4. The van der Waals surface area contributed by atoms with Crippen molar-refractivity contribution in [3.63, 3.8) is 0 Å². The summed E-state index contributed by atoms with van der Waals surface area (Å²) < 4.78 is 16.0. The first-order chi connectivity index (χ1) is 10.7. The summed E-state index contributed by atoms with van der Waals surface area (Å²) in [5.74, 6) is 1.47. The molecule has 22 heavy (non-hydrogen) atoms. The molecule has 1 unspecified atom stereocenters. The largest absolute Gasteiger partial charge is 0.384 e. The Bertz CT molecular complexity index is 247. The quantitative estimate of drug-likeness (QED) is 0.753.